The number of aryl methyl sites for hydroxylation is 1. The van der Waals surface area contributed by atoms with Crippen molar-refractivity contribution in [3.8, 4) is 5.69 Å². The number of nitrogens with zero attached hydrogens (tertiary/aromatic N) is 3. The van der Waals surface area contributed by atoms with Crippen LogP contribution in [0.4, 0.5) is 5.82 Å². The smallest absolute Gasteiger partial charge is 0.407 e. The maximum Gasteiger partial charge on any atom is 0.419 e. The molecular weight excluding hydrogens is 368 g/mol. The van der Waals surface area contributed by atoms with E-state index in [1.165, 1.54) is 4.57 Å². The van der Waals surface area contributed by atoms with Crippen LogP contribution in [0.5, 0.6) is 0 Å². The molecule has 29 heavy (non-hydrogen) atoms. The summed E-state index contributed by atoms with van der Waals surface area (Å²) < 4.78 is 8.43. The van der Waals surface area contributed by atoms with E-state index in [1.54, 1.807) is 29.9 Å². The molecule has 4 aromatic rings. The summed E-state index contributed by atoms with van der Waals surface area (Å²) in [5, 5.41) is 7.70. The van der Waals surface area contributed by atoms with Gasteiger partial charge in [-0.1, -0.05) is 31.2 Å². The van der Waals surface area contributed by atoms with Gasteiger partial charge in [-0.25, -0.2) is 9.48 Å². The number of carbonyl (C=O) groups is 1. The molecule has 2 aromatic carbocycles. The summed E-state index contributed by atoms with van der Waals surface area (Å²) in [6.07, 6.45) is 1.10. The Kier molecular flexibility index (Phi) is 3.91. The second-order valence-corrected chi connectivity index (χ2v) is 7.56. The third-order valence-electron chi connectivity index (χ3n) is 5.52. The van der Waals surface area contributed by atoms with E-state index in [2.05, 4.69) is 12.2 Å². The van der Waals surface area contributed by atoms with Gasteiger partial charge in [0.2, 0.25) is 0 Å². The Morgan fingerprint density at radius 2 is 1.93 bits per heavy atom. The van der Waals surface area contributed by atoms with Gasteiger partial charge in [-0.3, -0.25) is 9.36 Å². The van der Waals surface area contributed by atoms with Crippen molar-refractivity contribution in [1.82, 2.24) is 14.3 Å². The van der Waals surface area contributed by atoms with Crippen LogP contribution in [0.15, 0.2) is 63.8 Å². The zero-order chi connectivity index (χ0) is 20.1. The molecule has 5 rings (SSSR count). The number of para-hydroxylation sites is 2. The average Bonchev–Trinajstić information content (AvgIpc) is 3.19. The molecule has 1 aliphatic rings. The van der Waals surface area contributed by atoms with E-state index in [1.807, 2.05) is 36.4 Å². The summed E-state index contributed by atoms with van der Waals surface area (Å²) >= 11 is 0. The standard InChI is InChI=1S/C22H20N4O3/c1-13-11-16(13)17-12-19(26(24-17)14-7-4-3-5-8-14)23-21(27)15-9-6-10-18-20(15)29-22(28)25(18)2/h3-10,12-13,16H,11H2,1-2H3,(H,23,27)/t13-,16+/m1/s1. The summed E-state index contributed by atoms with van der Waals surface area (Å²) in [6, 6.07) is 16.7. The van der Waals surface area contributed by atoms with Crippen LogP contribution in [0.25, 0.3) is 16.8 Å². The van der Waals surface area contributed by atoms with E-state index in [4.69, 9.17) is 9.52 Å². The number of aromatic nitrogens is 3. The molecule has 0 radical (unpaired) electrons. The summed E-state index contributed by atoms with van der Waals surface area (Å²) in [6.45, 7) is 2.20. The van der Waals surface area contributed by atoms with Crippen LogP contribution in [0.2, 0.25) is 0 Å². The normalized spacial score (nSPS) is 18.1. The predicted molar refractivity (Wildman–Crippen MR) is 109 cm³/mol. The minimum absolute atomic E-state index is 0.277. The van der Waals surface area contributed by atoms with E-state index in [0.29, 0.717) is 28.7 Å². The highest BCUT2D eigenvalue weighted by molar-refractivity contribution is 6.10. The van der Waals surface area contributed by atoms with Gasteiger partial charge in [-0.15, -0.1) is 0 Å². The number of oxazole rings is 1. The molecule has 0 spiro atoms. The molecular formula is C22H20N4O3. The van der Waals surface area contributed by atoms with Gasteiger partial charge in [0, 0.05) is 19.0 Å². The van der Waals surface area contributed by atoms with Crippen molar-refractivity contribution in [1.29, 1.82) is 0 Å². The van der Waals surface area contributed by atoms with Crippen LogP contribution in [0.3, 0.4) is 0 Å². The van der Waals surface area contributed by atoms with E-state index in [-0.39, 0.29) is 11.5 Å². The largest absolute Gasteiger partial charge is 0.419 e. The van der Waals surface area contributed by atoms with Gasteiger partial charge in [0.05, 0.1) is 22.5 Å². The minimum atomic E-state index is -0.500. The third kappa shape index (κ3) is 2.95. The zero-order valence-corrected chi connectivity index (χ0v) is 16.1. The fraction of sp³-hybridized carbons (Fsp3) is 0.227. The number of benzene rings is 2. The number of amides is 1. The first-order valence-electron chi connectivity index (χ1n) is 9.58. The Morgan fingerprint density at radius 3 is 2.66 bits per heavy atom. The molecule has 1 amide bonds. The SMILES string of the molecule is C[C@@H]1C[C@@H]1c1cc(NC(=O)c2cccc3c2oc(=O)n3C)n(-c2ccccc2)n1. The Bertz CT molecular complexity index is 1280. The van der Waals surface area contributed by atoms with Crippen LogP contribution in [0, 0.1) is 5.92 Å². The average molecular weight is 388 g/mol. The second kappa shape index (κ2) is 6.48. The topological polar surface area (TPSA) is 82.1 Å². The van der Waals surface area contributed by atoms with Crippen molar-refractivity contribution in [2.45, 2.75) is 19.3 Å². The van der Waals surface area contributed by atoms with Crippen molar-refractivity contribution < 1.29 is 9.21 Å². The highest BCUT2D eigenvalue weighted by atomic mass is 16.4. The molecule has 1 saturated carbocycles. The summed E-state index contributed by atoms with van der Waals surface area (Å²) in [5.74, 6) is 0.763. The second-order valence-electron chi connectivity index (χ2n) is 7.56. The fourth-order valence-corrected chi connectivity index (χ4v) is 3.68. The lowest BCUT2D eigenvalue weighted by atomic mass is 10.2. The van der Waals surface area contributed by atoms with Crippen LogP contribution in [0.1, 0.15) is 35.3 Å². The predicted octanol–water partition coefficient (Wildman–Crippen LogP) is 3.69. The first-order chi connectivity index (χ1) is 14.0. The molecule has 7 heteroatoms. The van der Waals surface area contributed by atoms with E-state index < -0.39 is 5.76 Å². The van der Waals surface area contributed by atoms with Gasteiger partial charge >= 0.3 is 5.76 Å². The number of carbonyl (C=O) groups excluding carboxylic acids is 1. The van der Waals surface area contributed by atoms with Crippen LogP contribution >= 0.6 is 0 Å². The van der Waals surface area contributed by atoms with Gasteiger partial charge in [-0.05, 0) is 36.6 Å². The molecule has 0 saturated heterocycles. The molecule has 2 heterocycles. The van der Waals surface area contributed by atoms with Crippen molar-refractivity contribution in [2.75, 3.05) is 5.32 Å². The molecule has 0 aliphatic heterocycles. The number of rotatable bonds is 4. The Balaban J connectivity index is 1.55. The summed E-state index contributed by atoms with van der Waals surface area (Å²) in [5.41, 5.74) is 3.00. The van der Waals surface area contributed by atoms with Crippen LogP contribution in [-0.4, -0.2) is 20.3 Å². The van der Waals surface area contributed by atoms with E-state index >= 15 is 0 Å². The molecule has 1 aliphatic carbocycles. The van der Waals surface area contributed by atoms with Crippen molar-refractivity contribution in [3.63, 3.8) is 0 Å². The first-order valence-corrected chi connectivity index (χ1v) is 9.58. The Labute approximate surface area is 166 Å². The van der Waals surface area contributed by atoms with Gasteiger partial charge in [0.1, 0.15) is 5.82 Å². The van der Waals surface area contributed by atoms with Gasteiger partial charge < -0.3 is 9.73 Å². The zero-order valence-electron chi connectivity index (χ0n) is 16.1. The maximum atomic E-state index is 13.1. The van der Waals surface area contributed by atoms with E-state index in [0.717, 1.165) is 17.8 Å². The Morgan fingerprint density at radius 1 is 1.17 bits per heavy atom. The fourth-order valence-electron chi connectivity index (χ4n) is 3.68. The Hall–Kier alpha value is -3.61. The molecule has 2 atom stereocenters. The molecule has 146 valence electrons. The van der Waals surface area contributed by atoms with Gasteiger partial charge in [0.15, 0.2) is 5.58 Å². The number of anilines is 1. The van der Waals surface area contributed by atoms with Crippen LogP contribution < -0.4 is 11.1 Å². The van der Waals surface area contributed by atoms with Crippen molar-refractivity contribution in [3.05, 3.63) is 76.4 Å². The molecule has 1 fully saturated rings. The van der Waals surface area contributed by atoms with Crippen molar-refractivity contribution >= 4 is 22.8 Å². The van der Waals surface area contributed by atoms with Gasteiger partial charge in [-0.2, -0.15) is 5.10 Å². The molecule has 2 aromatic heterocycles. The molecule has 7 nitrogen and oxygen atoms in total. The first kappa shape index (κ1) is 17.5. The highest BCUT2D eigenvalue weighted by Gasteiger charge is 2.37. The molecule has 0 bridgehead atoms. The highest BCUT2D eigenvalue weighted by Crippen LogP contribution is 2.47. The monoisotopic (exact) mass is 388 g/mol. The lowest BCUT2D eigenvalue weighted by molar-refractivity contribution is 0.102. The van der Waals surface area contributed by atoms with Gasteiger partial charge in [0.25, 0.3) is 5.91 Å². The lowest BCUT2D eigenvalue weighted by Gasteiger charge is -2.09. The number of nitrogens with one attached hydrogen (secondary N) is 1. The lowest BCUT2D eigenvalue weighted by Crippen LogP contribution is -2.15. The summed E-state index contributed by atoms with van der Waals surface area (Å²) in [7, 11) is 1.61. The quantitative estimate of drug-likeness (QED) is 0.578. The molecule has 1 N–H and O–H groups in total. The number of hydrogen-bond acceptors (Lipinski definition) is 4. The number of fused-ring (bicyclic) bond motifs is 1. The number of hydrogen-bond donors (Lipinski definition) is 1. The van der Waals surface area contributed by atoms with E-state index in [9.17, 15) is 9.59 Å². The maximum absolute atomic E-state index is 13.1. The van der Waals surface area contributed by atoms with Crippen LogP contribution in [-0.2, 0) is 7.05 Å². The summed E-state index contributed by atoms with van der Waals surface area (Å²) in [4.78, 5) is 24.9. The van der Waals surface area contributed by atoms with Crippen molar-refractivity contribution in [2.24, 2.45) is 13.0 Å². The molecule has 0 unspecified atom stereocenters. The third-order valence-corrected chi connectivity index (χ3v) is 5.52. The minimum Gasteiger partial charge on any atom is -0.407 e.